The summed E-state index contributed by atoms with van der Waals surface area (Å²) < 4.78 is 0. The van der Waals surface area contributed by atoms with Crippen LogP contribution in [0.25, 0.3) is 0 Å². The van der Waals surface area contributed by atoms with Crippen molar-refractivity contribution in [2.45, 2.75) is 20.4 Å². The number of benzene rings is 1. The van der Waals surface area contributed by atoms with Gasteiger partial charge in [-0.05, 0) is 48.7 Å². The topological polar surface area (TPSA) is 66.9 Å². The number of hydrogen-bond acceptors (Lipinski definition) is 4. The zero-order valence-corrected chi connectivity index (χ0v) is 14.3. The van der Waals surface area contributed by atoms with Crippen molar-refractivity contribution in [2.75, 3.05) is 5.32 Å². The lowest BCUT2D eigenvalue weighted by Gasteiger charge is -2.12. The van der Waals surface area contributed by atoms with Crippen molar-refractivity contribution in [1.29, 1.82) is 0 Å². The first-order valence-electron chi connectivity index (χ1n) is 8.10. The van der Waals surface area contributed by atoms with Crippen LogP contribution in [0.1, 0.15) is 27.2 Å². The molecule has 3 rings (SSSR count). The minimum Gasteiger partial charge on any atom is -0.354 e. The van der Waals surface area contributed by atoms with E-state index in [4.69, 9.17) is 0 Å². The number of nitrogens with one attached hydrogen (secondary N) is 2. The number of aryl methyl sites for hydroxylation is 2. The fourth-order valence-corrected chi connectivity index (χ4v) is 2.53. The lowest BCUT2D eigenvalue weighted by molar-refractivity contribution is 0.0946. The lowest BCUT2D eigenvalue weighted by atomic mass is 10.1. The number of aromatic nitrogens is 2. The van der Waals surface area contributed by atoms with Crippen LogP contribution in [0.15, 0.2) is 61.1 Å². The largest absolute Gasteiger partial charge is 0.354 e. The van der Waals surface area contributed by atoms with Crippen LogP contribution in [0, 0.1) is 13.8 Å². The molecule has 3 aromatic rings. The molecule has 126 valence electrons. The van der Waals surface area contributed by atoms with Gasteiger partial charge in [0.2, 0.25) is 0 Å². The second-order valence-corrected chi connectivity index (χ2v) is 5.87. The van der Waals surface area contributed by atoms with Crippen LogP contribution in [-0.4, -0.2) is 15.9 Å². The molecule has 0 saturated carbocycles. The van der Waals surface area contributed by atoms with Gasteiger partial charge in [0.1, 0.15) is 5.69 Å². The molecular formula is C20H20N4O. The van der Waals surface area contributed by atoms with Gasteiger partial charge in [-0.3, -0.25) is 9.78 Å². The number of pyridine rings is 2. The summed E-state index contributed by atoms with van der Waals surface area (Å²) in [7, 11) is 0. The van der Waals surface area contributed by atoms with Gasteiger partial charge < -0.3 is 10.6 Å². The predicted octanol–water partition coefficient (Wildman–Crippen LogP) is 3.77. The van der Waals surface area contributed by atoms with E-state index in [-0.39, 0.29) is 5.91 Å². The zero-order valence-electron chi connectivity index (χ0n) is 14.3. The molecule has 0 bridgehead atoms. The number of hydrogen-bond donors (Lipinski definition) is 2. The number of anilines is 2. The van der Waals surface area contributed by atoms with Gasteiger partial charge in [-0.15, -0.1) is 0 Å². The van der Waals surface area contributed by atoms with Crippen molar-refractivity contribution in [3.05, 3.63) is 83.4 Å². The first-order valence-corrected chi connectivity index (χ1v) is 8.10. The third-order valence-corrected chi connectivity index (χ3v) is 3.92. The Bertz CT molecular complexity index is 840. The molecule has 1 aromatic carbocycles. The van der Waals surface area contributed by atoms with Crippen molar-refractivity contribution < 1.29 is 4.79 Å². The minimum atomic E-state index is -0.206. The Balaban J connectivity index is 1.64. The fourth-order valence-electron chi connectivity index (χ4n) is 2.53. The monoisotopic (exact) mass is 332 g/mol. The average Bonchev–Trinajstić information content (AvgIpc) is 2.64. The molecule has 0 saturated heterocycles. The van der Waals surface area contributed by atoms with Gasteiger partial charge in [0, 0.05) is 24.6 Å². The van der Waals surface area contributed by atoms with E-state index in [1.54, 1.807) is 24.7 Å². The SMILES string of the molecule is Cc1cccc(C)c1Nc1ccc(C(=O)NCc2cccnc2)nc1. The first-order chi connectivity index (χ1) is 12.1. The summed E-state index contributed by atoms with van der Waals surface area (Å²) in [6.07, 6.45) is 5.10. The van der Waals surface area contributed by atoms with Crippen LogP contribution in [0.5, 0.6) is 0 Å². The highest BCUT2D eigenvalue weighted by Crippen LogP contribution is 2.23. The molecule has 5 heteroatoms. The van der Waals surface area contributed by atoms with Gasteiger partial charge in [0.05, 0.1) is 11.9 Å². The molecule has 0 spiro atoms. The number of amides is 1. The maximum absolute atomic E-state index is 12.2. The summed E-state index contributed by atoms with van der Waals surface area (Å²) in [6, 6.07) is 13.5. The van der Waals surface area contributed by atoms with Crippen molar-refractivity contribution in [3.8, 4) is 0 Å². The van der Waals surface area contributed by atoms with Crippen LogP contribution < -0.4 is 10.6 Å². The lowest BCUT2D eigenvalue weighted by Crippen LogP contribution is -2.23. The average molecular weight is 332 g/mol. The predicted molar refractivity (Wildman–Crippen MR) is 98.8 cm³/mol. The fraction of sp³-hybridized carbons (Fsp3) is 0.150. The Morgan fingerprint density at radius 2 is 1.80 bits per heavy atom. The molecule has 0 unspecified atom stereocenters. The number of carbonyl (C=O) groups excluding carboxylic acids is 1. The summed E-state index contributed by atoms with van der Waals surface area (Å²) in [6.45, 7) is 4.54. The summed E-state index contributed by atoms with van der Waals surface area (Å²) in [4.78, 5) is 20.5. The van der Waals surface area contributed by atoms with E-state index in [2.05, 4.69) is 46.6 Å². The van der Waals surface area contributed by atoms with Crippen molar-refractivity contribution in [3.63, 3.8) is 0 Å². The highest BCUT2D eigenvalue weighted by molar-refractivity contribution is 5.92. The van der Waals surface area contributed by atoms with E-state index in [0.717, 1.165) is 16.9 Å². The minimum absolute atomic E-state index is 0.206. The van der Waals surface area contributed by atoms with Gasteiger partial charge in [-0.2, -0.15) is 0 Å². The number of para-hydroxylation sites is 1. The Morgan fingerprint density at radius 3 is 2.44 bits per heavy atom. The van der Waals surface area contributed by atoms with Gasteiger partial charge in [0.25, 0.3) is 5.91 Å². The van der Waals surface area contributed by atoms with Crippen molar-refractivity contribution >= 4 is 17.3 Å². The smallest absolute Gasteiger partial charge is 0.270 e. The number of nitrogens with zero attached hydrogens (tertiary/aromatic N) is 2. The summed E-state index contributed by atoms with van der Waals surface area (Å²) >= 11 is 0. The van der Waals surface area contributed by atoms with Crippen molar-refractivity contribution in [1.82, 2.24) is 15.3 Å². The number of carbonyl (C=O) groups is 1. The second kappa shape index (κ2) is 7.57. The number of rotatable bonds is 5. The van der Waals surface area contributed by atoms with E-state index in [0.29, 0.717) is 12.2 Å². The summed E-state index contributed by atoms with van der Waals surface area (Å²) in [5.74, 6) is -0.206. The van der Waals surface area contributed by atoms with Gasteiger partial charge >= 0.3 is 0 Å². The van der Waals surface area contributed by atoms with E-state index < -0.39 is 0 Å². The third kappa shape index (κ3) is 4.20. The molecule has 25 heavy (non-hydrogen) atoms. The Morgan fingerprint density at radius 1 is 1.00 bits per heavy atom. The van der Waals surface area contributed by atoms with Crippen LogP contribution in [0.2, 0.25) is 0 Å². The normalized spacial score (nSPS) is 10.3. The molecule has 0 aliphatic heterocycles. The first kappa shape index (κ1) is 16.6. The summed E-state index contributed by atoms with van der Waals surface area (Å²) in [5, 5.41) is 6.20. The molecule has 0 aliphatic carbocycles. The van der Waals surface area contributed by atoms with Crippen molar-refractivity contribution in [2.24, 2.45) is 0 Å². The molecule has 5 nitrogen and oxygen atoms in total. The van der Waals surface area contributed by atoms with E-state index in [1.807, 2.05) is 24.3 Å². The molecule has 0 radical (unpaired) electrons. The maximum Gasteiger partial charge on any atom is 0.270 e. The van der Waals surface area contributed by atoms with Crippen LogP contribution in [0.3, 0.4) is 0 Å². The molecule has 0 fully saturated rings. The Hall–Kier alpha value is -3.21. The summed E-state index contributed by atoms with van der Waals surface area (Å²) in [5.41, 5.74) is 5.58. The molecular weight excluding hydrogens is 312 g/mol. The highest BCUT2D eigenvalue weighted by atomic mass is 16.1. The van der Waals surface area contributed by atoms with Crippen LogP contribution in [0.4, 0.5) is 11.4 Å². The van der Waals surface area contributed by atoms with Gasteiger partial charge in [0.15, 0.2) is 0 Å². The molecule has 2 aromatic heterocycles. The quantitative estimate of drug-likeness (QED) is 0.746. The Labute approximate surface area is 147 Å². The molecule has 1 amide bonds. The second-order valence-electron chi connectivity index (χ2n) is 5.87. The molecule has 2 N–H and O–H groups in total. The van der Waals surface area contributed by atoms with E-state index in [1.165, 1.54) is 11.1 Å². The van der Waals surface area contributed by atoms with Crippen LogP contribution >= 0.6 is 0 Å². The van der Waals surface area contributed by atoms with Gasteiger partial charge in [-0.25, -0.2) is 4.98 Å². The Kier molecular flexibility index (Phi) is 5.04. The van der Waals surface area contributed by atoms with E-state index >= 15 is 0 Å². The van der Waals surface area contributed by atoms with Crippen LogP contribution in [-0.2, 0) is 6.54 Å². The third-order valence-electron chi connectivity index (χ3n) is 3.92. The van der Waals surface area contributed by atoms with Gasteiger partial charge in [-0.1, -0.05) is 24.3 Å². The maximum atomic E-state index is 12.2. The highest BCUT2D eigenvalue weighted by Gasteiger charge is 2.08. The van der Waals surface area contributed by atoms with E-state index in [9.17, 15) is 4.79 Å². The standard InChI is InChI=1S/C20H20N4O/c1-14-5-3-6-15(2)19(14)24-17-8-9-18(22-13-17)20(25)23-12-16-7-4-10-21-11-16/h3-11,13,24H,12H2,1-2H3,(H,23,25). The zero-order chi connectivity index (χ0) is 17.6. The molecule has 0 atom stereocenters. The molecule has 0 aliphatic rings. The molecule has 2 heterocycles.